The van der Waals surface area contributed by atoms with E-state index in [-0.39, 0.29) is 29.0 Å². The molecule has 49 heavy (non-hydrogen) atoms. The minimum Gasteiger partial charge on any atom is -0.482 e. The SMILES string of the molecule is C=C/C=C\C(=C/C)N1C(=O)/C(=C/c2ccc(OCC(=O)OC)c(CC=C)c2)C(=O)N=C1SCC(=O)NC(c1ccccc1)c1ccccc1. The molecule has 0 unspecified atom stereocenters. The van der Waals surface area contributed by atoms with Crippen LogP contribution in [-0.4, -0.2) is 53.2 Å². The van der Waals surface area contributed by atoms with E-state index in [0.717, 1.165) is 22.9 Å². The van der Waals surface area contributed by atoms with Crippen LogP contribution in [0.15, 0.2) is 139 Å². The molecule has 10 heteroatoms. The number of amides is 3. The molecule has 0 radical (unpaired) electrons. The number of thioether (sulfide) groups is 1. The highest BCUT2D eigenvalue weighted by atomic mass is 32.2. The van der Waals surface area contributed by atoms with Gasteiger partial charge in [-0.15, -0.1) is 6.58 Å². The Morgan fingerprint density at radius 1 is 1.00 bits per heavy atom. The van der Waals surface area contributed by atoms with Crippen LogP contribution in [0.3, 0.4) is 0 Å². The number of nitrogens with zero attached hydrogens (tertiary/aromatic N) is 2. The number of carbonyl (C=O) groups is 4. The summed E-state index contributed by atoms with van der Waals surface area (Å²) in [7, 11) is 1.27. The van der Waals surface area contributed by atoms with Gasteiger partial charge in [-0.25, -0.2) is 4.79 Å². The summed E-state index contributed by atoms with van der Waals surface area (Å²) in [5, 5.41) is 3.15. The summed E-state index contributed by atoms with van der Waals surface area (Å²) >= 11 is 0.989. The molecule has 3 aromatic rings. The number of hydrogen-bond acceptors (Lipinski definition) is 7. The van der Waals surface area contributed by atoms with Crippen LogP contribution in [0.5, 0.6) is 5.75 Å². The van der Waals surface area contributed by atoms with Gasteiger partial charge in [0.25, 0.3) is 11.8 Å². The minimum atomic E-state index is -0.741. The van der Waals surface area contributed by atoms with E-state index in [2.05, 4.69) is 28.2 Å². The standard InChI is InChI=1S/C39H37N3O6S/c1-5-8-20-31(7-3)42-38(46)32(24-27-21-22-33(30(23-27)15-6-2)48-25-35(44)47-4)37(45)41-39(42)49-26-34(43)40-36(28-16-11-9-12-17-28)29-18-13-10-14-19-29/h5-14,16-24,36H,1-2,15,25-26H2,3-4H3,(H,40,43)/b20-8-,31-7+,32-24+. The van der Waals surface area contributed by atoms with Crippen LogP contribution < -0.4 is 10.1 Å². The Morgan fingerprint density at radius 2 is 1.67 bits per heavy atom. The minimum absolute atomic E-state index is 0.0685. The highest BCUT2D eigenvalue weighted by Crippen LogP contribution is 2.29. The Hall–Kier alpha value is -5.74. The molecular formula is C39H37N3O6S. The molecule has 3 aromatic carbocycles. The molecule has 0 aliphatic carbocycles. The zero-order valence-corrected chi connectivity index (χ0v) is 28.2. The van der Waals surface area contributed by atoms with Gasteiger partial charge in [-0.3, -0.25) is 19.3 Å². The van der Waals surface area contributed by atoms with Gasteiger partial charge in [0, 0.05) is 5.70 Å². The molecule has 0 spiro atoms. The molecule has 0 bridgehead atoms. The van der Waals surface area contributed by atoms with E-state index in [1.54, 1.807) is 55.5 Å². The van der Waals surface area contributed by atoms with Crippen LogP contribution in [0.25, 0.3) is 6.08 Å². The summed E-state index contributed by atoms with van der Waals surface area (Å²) in [6.07, 6.45) is 10.1. The van der Waals surface area contributed by atoms with Crippen LogP contribution >= 0.6 is 11.8 Å². The second-order valence-corrected chi connectivity index (χ2v) is 11.5. The smallest absolute Gasteiger partial charge is 0.343 e. The highest BCUT2D eigenvalue weighted by Gasteiger charge is 2.35. The first-order valence-electron chi connectivity index (χ1n) is 15.4. The predicted octanol–water partition coefficient (Wildman–Crippen LogP) is 6.36. The van der Waals surface area contributed by atoms with Crippen molar-refractivity contribution in [1.82, 2.24) is 10.2 Å². The van der Waals surface area contributed by atoms with Gasteiger partial charge in [0.1, 0.15) is 11.3 Å². The third-order valence-corrected chi connectivity index (χ3v) is 8.18. The number of hydrogen-bond donors (Lipinski definition) is 1. The Balaban J connectivity index is 1.62. The Kier molecular flexibility index (Phi) is 13.2. The van der Waals surface area contributed by atoms with E-state index in [4.69, 9.17) is 4.74 Å². The number of rotatable bonds is 14. The van der Waals surface area contributed by atoms with Gasteiger partial charge in [-0.2, -0.15) is 4.99 Å². The van der Waals surface area contributed by atoms with Crippen LogP contribution in [0.2, 0.25) is 0 Å². The Morgan fingerprint density at radius 3 is 2.27 bits per heavy atom. The molecule has 9 nitrogen and oxygen atoms in total. The van der Waals surface area contributed by atoms with Crippen molar-refractivity contribution in [3.8, 4) is 5.75 Å². The van der Waals surface area contributed by atoms with Crippen LogP contribution in [0, 0.1) is 0 Å². The van der Waals surface area contributed by atoms with E-state index in [9.17, 15) is 19.2 Å². The summed E-state index contributed by atoms with van der Waals surface area (Å²) in [6, 6.07) is 23.9. The molecule has 0 aromatic heterocycles. The molecule has 0 saturated heterocycles. The topological polar surface area (TPSA) is 114 Å². The fraction of sp³-hybridized carbons (Fsp3) is 0.154. The Bertz CT molecular complexity index is 1790. The van der Waals surface area contributed by atoms with Crippen LogP contribution in [-0.2, 0) is 30.3 Å². The third-order valence-electron chi connectivity index (χ3n) is 7.25. The maximum absolute atomic E-state index is 14.0. The number of benzene rings is 3. The molecule has 3 amide bonds. The molecule has 1 heterocycles. The molecule has 0 fully saturated rings. The number of allylic oxidation sites excluding steroid dienone is 5. The van der Waals surface area contributed by atoms with E-state index >= 15 is 0 Å². The fourth-order valence-corrected chi connectivity index (χ4v) is 5.71. The second-order valence-electron chi connectivity index (χ2n) is 10.5. The lowest BCUT2D eigenvalue weighted by molar-refractivity contribution is -0.143. The van der Waals surface area contributed by atoms with Gasteiger partial charge in [-0.05, 0) is 59.9 Å². The molecule has 250 valence electrons. The number of ether oxygens (including phenoxy) is 2. The molecular weight excluding hydrogens is 639 g/mol. The maximum atomic E-state index is 14.0. The fourth-order valence-electron chi connectivity index (χ4n) is 4.90. The number of nitrogens with one attached hydrogen (secondary N) is 1. The molecule has 0 saturated carbocycles. The Labute approximate surface area is 290 Å². The number of aliphatic imine (C=N–C) groups is 1. The summed E-state index contributed by atoms with van der Waals surface area (Å²) in [5.41, 5.74) is 3.34. The summed E-state index contributed by atoms with van der Waals surface area (Å²) < 4.78 is 10.2. The predicted molar refractivity (Wildman–Crippen MR) is 194 cm³/mol. The monoisotopic (exact) mass is 675 g/mol. The highest BCUT2D eigenvalue weighted by molar-refractivity contribution is 8.14. The van der Waals surface area contributed by atoms with Gasteiger partial charge < -0.3 is 14.8 Å². The third kappa shape index (κ3) is 9.65. The van der Waals surface area contributed by atoms with Gasteiger partial charge in [0.05, 0.1) is 18.9 Å². The van der Waals surface area contributed by atoms with E-state index in [1.807, 2.05) is 60.7 Å². The lowest BCUT2D eigenvalue weighted by Crippen LogP contribution is -2.42. The van der Waals surface area contributed by atoms with E-state index in [1.165, 1.54) is 18.1 Å². The molecule has 1 aliphatic rings. The van der Waals surface area contributed by atoms with Gasteiger partial charge in [-0.1, -0.05) is 109 Å². The molecule has 0 atom stereocenters. The van der Waals surface area contributed by atoms with Crippen molar-refractivity contribution in [2.75, 3.05) is 19.5 Å². The average molecular weight is 676 g/mol. The number of methoxy groups -OCH3 is 1. The van der Waals surface area contributed by atoms with E-state index in [0.29, 0.717) is 29.0 Å². The number of esters is 1. The van der Waals surface area contributed by atoms with Crippen molar-refractivity contribution in [3.05, 3.63) is 156 Å². The summed E-state index contributed by atoms with van der Waals surface area (Å²) in [6.45, 7) is 8.97. The molecule has 1 N–H and O–H groups in total. The van der Waals surface area contributed by atoms with E-state index < -0.39 is 23.8 Å². The first-order chi connectivity index (χ1) is 23.8. The zero-order chi connectivity index (χ0) is 35.2. The molecule has 1 aliphatic heterocycles. The van der Waals surface area contributed by atoms with Crippen LogP contribution in [0.4, 0.5) is 0 Å². The van der Waals surface area contributed by atoms with Gasteiger partial charge in [0.15, 0.2) is 11.8 Å². The zero-order valence-electron chi connectivity index (χ0n) is 27.3. The lowest BCUT2D eigenvalue weighted by atomic mass is 9.99. The summed E-state index contributed by atoms with van der Waals surface area (Å²) in [5.74, 6) is -1.85. The van der Waals surface area contributed by atoms with Crippen molar-refractivity contribution in [3.63, 3.8) is 0 Å². The van der Waals surface area contributed by atoms with Gasteiger partial charge in [0.2, 0.25) is 5.91 Å². The summed E-state index contributed by atoms with van der Waals surface area (Å²) in [4.78, 5) is 58.0. The normalized spacial score (nSPS) is 14.2. The van der Waals surface area contributed by atoms with Crippen molar-refractivity contribution < 1.29 is 28.7 Å². The van der Waals surface area contributed by atoms with Crippen molar-refractivity contribution in [2.24, 2.45) is 4.99 Å². The first kappa shape index (κ1) is 36.1. The number of amidine groups is 1. The van der Waals surface area contributed by atoms with Crippen molar-refractivity contribution >= 4 is 46.7 Å². The first-order valence-corrected chi connectivity index (χ1v) is 16.4. The molecule has 4 rings (SSSR count). The average Bonchev–Trinajstić information content (AvgIpc) is 3.12. The lowest BCUT2D eigenvalue weighted by Gasteiger charge is -2.28. The quantitative estimate of drug-likeness (QED) is 0.0696. The number of carbonyl (C=O) groups excluding carboxylic acids is 4. The maximum Gasteiger partial charge on any atom is 0.343 e. The van der Waals surface area contributed by atoms with Gasteiger partial charge >= 0.3 is 5.97 Å². The largest absolute Gasteiger partial charge is 0.482 e. The van der Waals surface area contributed by atoms with Crippen molar-refractivity contribution in [2.45, 2.75) is 19.4 Å². The van der Waals surface area contributed by atoms with Crippen LogP contribution in [0.1, 0.15) is 35.2 Å². The van der Waals surface area contributed by atoms with Crippen molar-refractivity contribution in [1.29, 1.82) is 0 Å². The second kappa shape index (κ2) is 18.0.